The highest BCUT2D eigenvalue weighted by atomic mass is 19.3. The van der Waals surface area contributed by atoms with E-state index < -0.39 is 29.5 Å². The third-order valence-corrected chi connectivity index (χ3v) is 10.3. The highest BCUT2D eigenvalue weighted by molar-refractivity contribution is 5.66. The van der Waals surface area contributed by atoms with Crippen molar-refractivity contribution in [3.8, 4) is 0 Å². The first-order chi connectivity index (χ1) is 13.9. The Morgan fingerprint density at radius 3 is 2.40 bits per heavy atom. The third kappa shape index (κ3) is 3.32. The first kappa shape index (κ1) is 22.4. The minimum Gasteiger partial charge on any atom is -0.481 e. The average molecular weight is 429 g/mol. The van der Waals surface area contributed by atoms with Crippen LogP contribution in [0, 0.1) is 46.3 Å². The van der Waals surface area contributed by atoms with Crippen LogP contribution in [0.25, 0.3) is 0 Å². The van der Waals surface area contributed by atoms with Crippen molar-refractivity contribution in [1.82, 2.24) is 0 Å². The zero-order chi connectivity index (χ0) is 22.1. The van der Waals surface area contributed by atoms with Crippen molar-refractivity contribution >= 4 is 5.97 Å². The molecule has 4 rings (SSSR count). The van der Waals surface area contributed by atoms with E-state index in [1.54, 1.807) is 0 Å². The fourth-order valence-corrected chi connectivity index (χ4v) is 8.76. The van der Waals surface area contributed by atoms with E-state index in [1.165, 1.54) is 0 Å². The van der Waals surface area contributed by atoms with Crippen molar-refractivity contribution in [3.05, 3.63) is 0 Å². The van der Waals surface area contributed by atoms with Crippen LogP contribution in [0.2, 0.25) is 0 Å². The van der Waals surface area contributed by atoms with Crippen molar-refractivity contribution in [2.24, 2.45) is 46.3 Å². The molecule has 10 atom stereocenters. The molecular weight excluding hydrogens is 390 g/mol. The summed E-state index contributed by atoms with van der Waals surface area (Å²) in [4.78, 5) is 11.0. The van der Waals surface area contributed by atoms with Gasteiger partial charge in [-0.2, -0.15) is 0 Å². The number of aliphatic carboxylic acids is 1. The van der Waals surface area contributed by atoms with E-state index in [2.05, 4.69) is 13.8 Å². The standard InChI is InChI=1S/C24H38F2O4/c1-13(4-7-20(29)30)15-5-6-16-21-17(8-9-22(15,16)2)23(3)12-24(25,26)19(28)11-14(23)10-18(21)27/h13-19,21,27-28H,4-12H2,1-3H3,(H,29,30)/t13-,14-,15-,16?,17?,18-,19+,21?,22-,23+/m1/s1. The van der Waals surface area contributed by atoms with Crippen molar-refractivity contribution in [3.63, 3.8) is 0 Å². The molecule has 172 valence electrons. The highest BCUT2D eigenvalue weighted by Gasteiger charge is 2.66. The number of hydrogen-bond donors (Lipinski definition) is 3. The van der Waals surface area contributed by atoms with Gasteiger partial charge in [-0.15, -0.1) is 0 Å². The van der Waals surface area contributed by atoms with Gasteiger partial charge < -0.3 is 15.3 Å². The zero-order valence-corrected chi connectivity index (χ0v) is 18.5. The van der Waals surface area contributed by atoms with E-state index >= 15 is 0 Å². The van der Waals surface area contributed by atoms with Gasteiger partial charge >= 0.3 is 5.97 Å². The van der Waals surface area contributed by atoms with Gasteiger partial charge in [0, 0.05) is 12.8 Å². The number of alkyl halides is 2. The van der Waals surface area contributed by atoms with Gasteiger partial charge in [-0.25, -0.2) is 8.78 Å². The molecule has 0 aliphatic heterocycles. The predicted octanol–water partition coefficient (Wildman–Crippen LogP) is 4.72. The largest absolute Gasteiger partial charge is 0.481 e. The first-order valence-corrected chi connectivity index (χ1v) is 11.9. The molecular formula is C24H38F2O4. The number of carbonyl (C=O) groups is 1. The average Bonchev–Trinajstić information content (AvgIpc) is 2.99. The van der Waals surface area contributed by atoms with Gasteiger partial charge in [0.25, 0.3) is 5.92 Å². The van der Waals surface area contributed by atoms with Crippen molar-refractivity contribution in [2.45, 2.75) is 96.7 Å². The van der Waals surface area contributed by atoms with Gasteiger partial charge in [0.2, 0.25) is 0 Å². The molecule has 4 aliphatic rings. The molecule has 4 saturated carbocycles. The van der Waals surface area contributed by atoms with Crippen molar-refractivity contribution in [2.75, 3.05) is 0 Å². The number of aliphatic hydroxyl groups is 2. The van der Waals surface area contributed by atoms with E-state index in [0.29, 0.717) is 30.6 Å². The summed E-state index contributed by atoms with van der Waals surface area (Å²) < 4.78 is 29.1. The predicted molar refractivity (Wildman–Crippen MR) is 109 cm³/mol. The van der Waals surface area contributed by atoms with Gasteiger partial charge in [0.05, 0.1) is 6.10 Å². The smallest absolute Gasteiger partial charge is 0.303 e. The van der Waals surface area contributed by atoms with Gasteiger partial charge in [0.15, 0.2) is 0 Å². The Bertz CT molecular complexity index is 684. The molecule has 6 heteroatoms. The molecule has 3 N–H and O–H groups in total. The summed E-state index contributed by atoms with van der Waals surface area (Å²) in [5, 5.41) is 30.2. The molecule has 4 fully saturated rings. The molecule has 0 bridgehead atoms. The lowest BCUT2D eigenvalue weighted by atomic mass is 9.43. The molecule has 0 radical (unpaired) electrons. The third-order valence-electron chi connectivity index (χ3n) is 10.3. The molecule has 0 amide bonds. The number of halogens is 2. The fraction of sp³-hybridized carbons (Fsp3) is 0.958. The summed E-state index contributed by atoms with van der Waals surface area (Å²) in [7, 11) is 0. The number of carboxylic acids is 1. The Hall–Kier alpha value is -0.750. The van der Waals surface area contributed by atoms with Crippen LogP contribution >= 0.6 is 0 Å². The molecule has 4 aliphatic carbocycles. The van der Waals surface area contributed by atoms with Crippen molar-refractivity contribution < 1.29 is 28.9 Å². The van der Waals surface area contributed by atoms with E-state index in [1.807, 2.05) is 6.92 Å². The van der Waals surface area contributed by atoms with Gasteiger partial charge in [0.1, 0.15) is 6.10 Å². The Kier molecular flexibility index (Phi) is 5.53. The second-order valence-electron chi connectivity index (χ2n) is 11.6. The normalized spacial score (nSPS) is 50.8. The van der Waals surface area contributed by atoms with Crippen LogP contribution in [0.15, 0.2) is 0 Å². The van der Waals surface area contributed by atoms with Gasteiger partial charge in [-0.1, -0.05) is 20.8 Å². The summed E-state index contributed by atoms with van der Waals surface area (Å²) in [6.45, 7) is 6.46. The molecule has 0 aromatic heterocycles. The summed E-state index contributed by atoms with van der Waals surface area (Å²) in [6.07, 6.45) is 2.92. The number of hydrogen-bond acceptors (Lipinski definition) is 3. The van der Waals surface area contributed by atoms with Crippen molar-refractivity contribution in [1.29, 1.82) is 0 Å². The maximum atomic E-state index is 14.6. The maximum absolute atomic E-state index is 14.6. The molecule has 4 nitrogen and oxygen atoms in total. The Morgan fingerprint density at radius 1 is 1.07 bits per heavy atom. The lowest BCUT2D eigenvalue weighted by Gasteiger charge is -2.63. The summed E-state index contributed by atoms with van der Waals surface area (Å²) >= 11 is 0. The summed E-state index contributed by atoms with van der Waals surface area (Å²) in [5.41, 5.74) is -0.499. The second kappa shape index (κ2) is 7.40. The monoisotopic (exact) mass is 428 g/mol. The van der Waals surface area contributed by atoms with Crippen LogP contribution < -0.4 is 0 Å². The topological polar surface area (TPSA) is 77.8 Å². The summed E-state index contributed by atoms with van der Waals surface area (Å²) in [5.74, 6) is -2.72. The molecule has 0 saturated heterocycles. The van der Waals surface area contributed by atoms with Crippen LogP contribution in [-0.2, 0) is 4.79 Å². The fourth-order valence-electron chi connectivity index (χ4n) is 8.76. The molecule has 0 aromatic carbocycles. The first-order valence-electron chi connectivity index (χ1n) is 11.9. The van der Waals surface area contributed by atoms with Crippen LogP contribution in [0.3, 0.4) is 0 Å². The second-order valence-corrected chi connectivity index (χ2v) is 11.6. The van der Waals surface area contributed by atoms with E-state index in [9.17, 15) is 23.8 Å². The SMILES string of the molecule is C[C@H](CCC(=O)O)[C@H]1CCC2C3C(CC[C@@]21C)[C@@]1(C)CC(F)(F)[C@@H](O)C[C@H]1C[C@H]3O. The number of fused-ring (bicyclic) bond motifs is 5. The van der Waals surface area contributed by atoms with Crippen LogP contribution in [0.5, 0.6) is 0 Å². The lowest BCUT2D eigenvalue weighted by Crippen LogP contribution is -2.62. The zero-order valence-electron chi connectivity index (χ0n) is 18.5. The number of aliphatic hydroxyl groups excluding tert-OH is 2. The Morgan fingerprint density at radius 2 is 1.73 bits per heavy atom. The Labute approximate surface area is 178 Å². The van der Waals surface area contributed by atoms with E-state index in [-0.39, 0.29) is 42.4 Å². The molecule has 3 unspecified atom stereocenters. The van der Waals surface area contributed by atoms with Crippen LogP contribution in [0.4, 0.5) is 8.78 Å². The van der Waals surface area contributed by atoms with E-state index in [0.717, 1.165) is 25.7 Å². The maximum Gasteiger partial charge on any atom is 0.303 e. The molecule has 0 aromatic rings. The summed E-state index contributed by atoms with van der Waals surface area (Å²) in [6, 6.07) is 0. The van der Waals surface area contributed by atoms with E-state index in [4.69, 9.17) is 5.11 Å². The minimum atomic E-state index is -3.05. The minimum absolute atomic E-state index is 0.0349. The highest BCUT2D eigenvalue weighted by Crippen LogP contribution is 2.69. The van der Waals surface area contributed by atoms with Crippen LogP contribution in [-0.4, -0.2) is 39.4 Å². The number of carboxylic acid groups (broad SMARTS) is 1. The van der Waals surface area contributed by atoms with Gasteiger partial charge in [-0.3, -0.25) is 4.79 Å². The quantitative estimate of drug-likeness (QED) is 0.605. The number of rotatable bonds is 4. The molecule has 30 heavy (non-hydrogen) atoms. The Balaban J connectivity index is 1.59. The lowest BCUT2D eigenvalue weighted by molar-refractivity contribution is -0.236. The molecule has 0 spiro atoms. The van der Waals surface area contributed by atoms with Crippen LogP contribution in [0.1, 0.15) is 78.6 Å². The van der Waals surface area contributed by atoms with Gasteiger partial charge in [-0.05, 0) is 91.3 Å². The molecule has 0 heterocycles.